The van der Waals surface area contributed by atoms with Crippen LogP contribution in [0.4, 0.5) is 5.82 Å². The van der Waals surface area contributed by atoms with Crippen LogP contribution in [0.25, 0.3) is 11.3 Å². The molecule has 6 nitrogen and oxygen atoms in total. The first-order valence-corrected chi connectivity index (χ1v) is 10.2. The highest BCUT2D eigenvalue weighted by molar-refractivity contribution is 5.79. The molecule has 2 saturated heterocycles. The van der Waals surface area contributed by atoms with Crippen LogP contribution in [0.1, 0.15) is 31.2 Å². The van der Waals surface area contributed by atoms with E-state index in [1.807, 2.05) is 18.2 Å². The molecule has 0 aliphatic carbocycles. The van der Waals surface area contributed by atoms with Gasteiger partial charge in [-0.1, -0.05) is 23.8 Å². The Kier molecular flexibility index (Phi) is 5.86. The van der Waals surface area contributed by atoms with E-state index in [0.29, 0.717) is 6.54 Å². The molecule has 1 amide bonds. The van der Waals surface area contributed by atoms with E-state index in [-0.39, 0.29) is 17.9 Å². The van der Waals surface area contributed by atoms with Crippen molar-refractivity contribution in [3.05, 3.63) is 42.0 Å². The largest absolute Gasteiger partial charge is 0.376 e. The second-order valence-electron chi connectivity index (χ2n) is 7.79. The molecule has 0 saturated carbocycles. The summed E-state index contributed by atoms with van der Waals surface area (Å²) in [4.78, 5) is 14.6. The van der Waals surface area contributed by atoms with E-state index >= 15 is 0 Å². The summed E-state index contributed by atoms with van der Waals surface area (Å²) in [6.45, 7) is 5.20. The van der Waals surface area contributed by atoms with Crippen molar-refractivity contribution in [3.8, 4) is 11.3 Å². The lowest BCUT2D eigenvalue weighted by Gasteiger charge is -2.32. The van der Waals surface area contributed by atoms with Gasteiger partial charge < -0.3 is 15.0 Å². The number of amides is 1. The molecule has 0 bridgehead atoms. The summed E-state index contributed by atoms with van der Waals surface area (Å²) in [5, 5.41) is 11.9. The van der Waals surface area contributed by atoms with Gasteiger partial charge in [0.2, 0.25) is 5.91 Å². The number of carbonyl (C=O) groups excluding carboxylic acids is 1. The standard InChI is InChI=1S/C22H28N4O2/c1-16-4-2-5-18(14-16)20-7-8-21(25-24-20)26-11-9-17(10-12-26)22(27)23-15-19-6-3-13-28-19/h2,4-5,7-8,14,17,19H,3,6,9-13,15H2,1H3,(H,23,27). The van der Waals surface area contributed by atoms with Gasteiger partial charge in [-0.15, -0.1) is 10.2 Å². The number of aryl methyl sites for hydroxylation is 1. The highest BCUT2D eigenvalue weighted by Crippen LogP contribution is 2.24. The lowest BCUT2D eigenvalue weighted by atomic mass is 9.96. The zero-order chi connectivity index (χ0) is 19.3. The number of piperidine rings is 1. The first kappa shape index (κ1) is 18.9. The number of aromatic nitrogens is 2. The summed E-state index contributed by atoms with van der Waals surface area (Å²) in [6.07, 6.45) is 4.04. The topological polar surface area (TPSA) is 67.4 Å². The van der Waals surface area contributed by atoms with Gasteiger partial charge in [0.25, 0.3) is 0 Å². The van der Waals surface area contributed by atoms with Crippen LogP contribution in [-0.2, 0) is 9.53 Å². The third kappa shape index (κ3) is 4.50. The number of anilines is 1. The molecular weight excluding hydrogens is 352 g/mol. The molecule has 1 aromatic heterocycles. The highest BCUT2D eigenvalue weighted by atomic mass is 16.5. The molecule has 6 heteroatoms. The van der Waals surface area contributed by atoms with Crippen LogP contribution in [-0.4, -0.2) is 48.4 Å². The lowest BCUT2D eigenvalue weighted by Crippen LogP contribution is -2.42. The Labute approximate surface area is 166 Å². The zero-order valence-electron chi connectivity index (χ0n) is 16.4. The Balaban J connectivity index is 1.29. The first-order chi connectivity index (χ1) is 13.7. The fraction of sp³-hybridized carbons (Fsp3) is 0.500. The van der Waals surface area contributed by atoms with E-state index < -0.39 is 0 Å². The summed E-state index contributed by atoms with van der Waals surface area (Å²) in [5.41, 5.74) is 3.18. The molecule has 28 heavy (non-hydrogen) atoms. The van der Waals surface area contributed by atoms with Crippen molar-refractivity contribution in [1.29, 1.82) is 0 Å². The summed E-state index contributed by atoms with van der Waals surface area (Å²) in [6, 6.07) is 12.3. The summed E-state index contributed by atoms with van der Waals surface area (Å²) in [7, 11) is 0. The van der Waals surface area contributed by atoms with Crippen molar-refractivity contribution in [2.24, 2.45) is 5.92 Å². The van der Waals surface area contributed by atoms with Gasteiger partial charge in [0.15, 0.2) is 5.82 Å². The number of ether oxygens (including phenoxy) is 1. The van der Waals surface area contributed by atoms with Gasteiger partial charge in [0.1, 0.15) is 0 Å². The SMILES string of the molecule is Cc1cccc(-c2ccc(N3CCC(C(=O)NCC4CCCO4)CC3)nn2)c1. The Bertz CT molecular complexity index is 794. The number of nitrogens with one attached hydrogen (secondary N) is 1. The third-order valence-electron chi connectivity index (χ3n) is 5.68. The van der Waals surface area contributed by atoms with E-state index in [9.17, 15) is 4.79 Å². The van der Waals surface area contributed by atoms with Crippen LogP contribution in [0.15, 0.2) is 36.4 Å². The molecular formula is C22H28N4O2. The molecule has 0 spiro atoms. The number of hydrogen-bond acceptors (Lipinski definition) is 5. The fourth-order valence-electron chi connectivity index (χ4n) is 3.99. The number of rotatable bonds is 5. The van der Waals surface area contributed by atoms with Crippen molar-refractivity contribution in [3.63, 3.8) is 0 Å². The number of benzene rings is 1. The van der Waals surface area contributed by atoms with Crippen molar-refractivity contribution in [2.45, 2.75) is 38.7 Å². The van der Waals surface area contributed by atoms with Crippen molar-refractivity contribution in [2.75, 3.05) is 31.1 Å². The molecule has 1 N–H and O–H groups in total. The molecule has 0 radical (unpaired) electrons. The summed E-state index contributed by atoms with van der Waals surface area (Å²) >= 11 is 0. The van der Waals surface area contributed by atoms with Gasteiger partial charge >= 0.3 is 0 Å². The Morgan fingerprint density at radius 2 is 2.04 bits per heavy atom. The second-order valence-corrected chi connectivity index (χ2v) is 7.79. The van der Waals surface area contributed by atoms with E-state index in [2.05, 4.69) is 45.5 Å². The van der Waals surface area contributed by atoms with Crippen LogP contribution < -0.4 is 10.2 Å². The number of hydrogen-bond donors (Lipinski definition) is 1. The van der Waals surface area contributed by atoms with E-state index in [4.69, 9.17) is 4.74 Å². The highest BCUT2D eigenvalue weighted by Gasteiger charge is 2.26. The molecule has 1 atom stereocenters. The average Bonchev–Trinajstić information content (AvgIpc) is 3.26. The quantitative estimate of drug-likeness (QED) is 0.864. The van der Waals surface area contributed by atoms with E-state index in [1.165, 1.54) is 5.56 Å². The minimum absolute atomic E-state index is 0.0807. The number of carbonyl (C=O) groups is 1. The number of nitrogens with zero attached hydrogens (tertiary/aromatic N) is 3. The Hall–Kier alpha value is -2.47. The molecule has 2 aliphatic heterocycles. The Morgan fingerprint density at radius 3 is 2.71 bits per heavy atom. The predicted octanol–water partition coefficient (Wildman–Crippen LogP) is 2.96. The van der Waals surface area contributed by atoms with Crippen LogP contribution in [0, 0.1) is 12.8 Å². The molecule has 3 heterocycles. The van der Waals surface area contributed by atoms with Gasteiger partial charge in [-0.05, 0) is 50.8 Å². The van der Waals surface area contributed by atoms with Gasteiger partial charge in [-0.2, -0.15) is 0 Å². The average molecular weight is 380 g/mol. The van der Waals surface area contributed by atoms with Gasteiger partial charge in [0, 0.05) is 37.7 Å². The summed E-state index contributed by atoms with van der Waals surface area (Å²) in [5.74, 6) is 1.13. The predicted molar refractivity (Wildman–Crippen MR) is 109 cm³/mol. The molecule has 148 valence electrons. The minimum atomic E-state index is 0.0807. The van der Waals surface area contributed by atoms with Gasteiger partial charge in [0.05, 0.1) is 11.8 Å². The first-order valence-electron chi connectivity index (χ1n) is 10.2. The molecule has 1 aromatic carbocycles. The maximum absolute atomic E-state index is 12.4. The van der Waals surface area contributed by atoms with Crippen LogP contribution in [0.3, 0.4) is 0 Å². The normalized spacial score (nSPS) is 20.3. The lowest BCUT2D eigenvalue weighted by molar-refractivity contribution is -0.126. The van der Waals surface area contributed by atoms with E-state index in [1.54, 1.807) is 0 Å². The molecule has 2 fully saturated rings. The smallest absolute Gasteiger partial charge is 0.223 e. The third-order valence-corrected chi connectivity index (χ3v) is 5.68. The molecule has 1 unspecified atom stereocenters. The maximum Gasteiger partial charge on any atom is 0.223 e. The van der Waals surface area contributed by atoms with Crippen molar-refractivity contribution < 1.29 is 9.53 Å². The maximum atomic E-state index is 12.4. The Morgan fingerprint density at radius 1 is 1.18 bits per heavy atom. The second kappa shape index (κ2) is 8.69. The van der Waals surface area contributed by atoms with Gasteiger partial charge in [-0.3, -0.25) is 4.79 Å². The van der Waals surface area contributed by atoms with Crippen molar-refractivity contribution >= 4 is 11.7 Å². The monoisotopic (exact) mass is 380 g/mol. The molecule has 2 aromatic rings. The summed E-state index contributed by atoms with van der Waals surface area (Å²) < 4.78 is 5.58. The van der Waals surface area contributed by atoms with E-state index in [0.717, 1.165) is 62.5 Å². The van der Waals surface area contributed by atoms with Crippen LogP contribution in [0.5, 0.6) is 0 Å². The zero-order valence-corrected chi connectivity index (χ0v) is 16.4. The minimum Gasteiger partial charge on any atom is -0.376 e. The van der Waals surface area contributed by atoms with Crippen LogP contribution >= 0.6 is 0 Å². The van der Waals surface area contributed by atoms with Crippen LogP contribution in [0.2, 0.25) is 0 Å². The van der Waals surface area contributed by atoms with Gasteiger partial charge in [-0.25, -0.2) is 0 Å². The molecule has 4 rings (SSSR count). The van der Waals surface area contributed by atoms with Crippen molar-refractivity contribution in [1.82, 2.24) is 15.5 Å². The molecule has 2 aliphatic rings. The fourth-order valence-corrected chi connectivity index (χ4v) is 3.99.